The maximum atomic E-state index is 9.74. The van der Waals surface area contributed by atoms with E-state index in [1.54, 1.807) is 19.3 Å². The van der Waals surface area contributed by atoms with Gasteiger partial charge < -0.3 is 9.42 Å². The van der Waals surface area contributed by atoms with E-state index in [1.165, 1.54) is 38.5 Å². The highest BCUT2D eigenvalue weighted by molar-refractivity contribution is 8.77. The van der Waals surface area contributed by atoms with Crippen molar-refractivity contribution in [3.05, 3.63) is 0 Å². The van der Waals surface area contributed by atoms with Crippen LogP contribution in [0.25, 0.3) is 0 Å². The van der Waals surface area contributed by atoms with Crippen molar-refractivity contribution in [2.75, 3.05) is 6.61 Å². The van der Waals surface area contributed by atoms with Gasteiger partial charge in [0.2, 0.25) is 0 Å². The van der Waals surface area contributed by atoms with Gasteiger partial charge in [0, 0.05) is 22.6 Å². The lowest BCUT2D eigenvalue weighted by Gasteiger charge is -2.32. The molecule has 2 saturated carbocycles. The van der Waals surface area contributed by atoms with Gasteiger partial charge in [0.05, 0.1) is 19.1 Å². The van der Waals surface area contributed by atoms with Crippen molar-refractivity contribution in [1.82, 2.24) is 4.67 Å². The average molecular weight is 461 g/mol. The Morgan fingerprint density at radius 1 is 0.966 bits per heavy atom. The van der Waals surface area contributed by atoms with Crippen molar-refractivity contribution in [1.29, 1.82) is 5.26 Å². The van der Waals surface area contributed by atoms with E-state index in [1.807, 2.05) is 38.4 Å². The molecule has 1 aliphatic heterocycles. The Morgan fingerprint density at radius 2 is 1.45 bits per heavy atom. The Bertz CT molecular complexity index is 474. The van der Waals surface area contributed by atoms with Crippen molar-refractivity contribution in [2.45, 2.75) is 114 Å². The Balaban J connectivity index is 0.000000208. The molecule has 5 unspecified atom stereocenters. The molecular formula is C22H41N2O2PS2. The molecule has 0 aromatic rings. The fraction of sp³-hybridized carbons (Fsp3) is 0.955. The third-order valence-corrected chi connectivity index (χ3v) is 11.7. The summed E-state index contributed by atoms with van der Waals surface area (Å²) in [5.74, 6) is 2.17. The molecule has 0 aromatic heterocycles. The van der Waals surface area contributed by atoms with E-state index < -0.39 is 8.53 Å². The van der Waals surface area contributed by atoms with Crippen LogP contribution < -0.4 is 0 Å². The summed E-state index contributed by atoms with van der Waals surface area (Å²) in [5.41, 5.74) is 0. The Kier molecular flexibility index (Phi) is 12.3. The van der Waals surface area contributed by atoms with Gasteiger partial charge >= 0.3 is 0 Å². The van der Waals surface area contributed by atoms with Gasteiger partial charge in [-0.25, -0.2) is 4.67 Å². The average Bonchev–Trinajstić information content (AvgIpc) is 2.87. The number of fused-ring (bicyclic) bond motifs is 2. The first kappa shape index (κ1) is 25.8. The van der Waals surface area contributed by atoms with Crippen LogP contribution in [0.15, 0.2) is 0 Å². The summed E-state index contributed by atoms with van der Waals surface area (Å²) < 4.78 is 7.10. The molecular weight excluding hydrogens is 419 g/mol. The predicted molar refractivity (Wildman–Crippen MR) is 129 cm³/mol. The van der Waals surface area contributed by atoms with E-state index in [0.717, 1.165) is 22.3 Å². The first-order valence-corrected chi connectivity index (χ1v) is 15.0. The van der Waals surface area contributed by atoms with Crippen LogP contribution in [0.2, 0.25) is 0 Å². The quantitative estimate of drug-likeness (QED) is 0.258. The highest BCUT2D eigenvalue weighted by atomic mass is 33.1. The molecule has 3 aliphatic rings. The summed E-state index contributed by atoms with van der Waals surface area (Å²) in [6, 6.07) is 2.46. The minimum atomic E-state index is -1.55. The predicted octanol–water partition coefficient (Wildman–Crippen LogP) is 7.14. The molecule has 0 amide bonds. The first-order chi connectivity index (χ1) is 13.9. The molecule has 5 atom stereocenters. The van der Waals surface area contributed by atoms with E-state index in [-0.39, 0.29) is 12.1 Å². The Morgan fingerprint density at radius 3 is 1.90 bits per heavy atom. The maximum Gasteiger partial charge on any atom is 0.256 e. The minimum absolute atomic E-state index is 0.244. The number of hydrogen-bond acceptors (Lipinski definition) is 6. The molecule has 0 bridgehead atoms. The van der Waals surface area contributed by atoms with Gasteiger partial charge in [-0.1, -0.05) is 47.3 Å². The van der Waals surface area contributed by atoms with Crippen molar-refractivity contribution >= 4 is 30.1 Å². The van der Waals surface area contributed by atoms with Crippen molar-refractivity contribution < 1.29 is 9.42 Å². The van der Waals surface area contributed by atoms with Crippen LogP contribution in [0.5, 0.6) is 0 Å². The molecule has 1 saturated heterocycles. The molecule has 29 heavy (non-hydrogen) atoms. The van der Waals surface area contributed by atoms with Crippen LogP contribution in [0.3, 0.4) is 0 Å². The number of nitriles is 1. The molecule has 2 aliphatic carbocycles. The fourth-order valence-corrected chi connectivity index (χ4v) is 10.1. The maximum absolute atomic E-state index is 9.74. The van der Waals surface area contributed by atoms with Crippen LogP contribution in [-0.4, -0.2) is 38.8 Å². The van der Waals surface area contributed by atoms with Gasteiger partial charge in [0.25, 0.3) is 8.53 Å². The largest absolute Gasteiger partial charge is 0.338 e. The monoisotopic (exact) mass is 460 g/mol. The van der Waals surface area contributed by atoms with Gasteiger partial charge in [0.15, 0.2) is 0 Å². The highest BCUT2D eigenvalue weighted by Gasteiger charge is 2.36. The molecule has 168 valence electrons. The van der Waals surface area contributed by atoms with Gasteiger partial charge in [0.1, 0.15) is 0 Å². The summed E-state index contributed by atoms with van der Waals surface area (Å²) in [6.07, 6.45) is 14.1. The molecule has 0 aromatic carbocycles. The van der Waals surface area contributed by atoms with Crippen molar-refractivity contribution in [3.8, 4) is 6.07 Å². The van der Waals surface area contributed by atoms with Crippen LogP contribution in [0, 0.1) is 23.2 Å². The molecule has 1 N–H and O–H groups in total. The molecule has 0 radical (unpaired) electrons. The summed E-state index contributed by atoms with van der Waals surface area (Å²) in [4.78, 5) is 9.74. The van der Waals surface area contributed by atoms with Crippen LogP contribution in [0.4, 0.5) is 0 Å². The molecule has 4 nitrogen and oxygen atoms in total. The van der Waals surface area contributed by atoms with E-state index in [9.17, 15) is 4.89 Å². The van der Waals surface area contributed by atoms with Gasteiger partial charge in [-0.05, 0) is 71.6 Å². The second-order valence-electron chi connectivity index (χ2n) is 9.16. The van der Waals surface area contributed by atoms with E-state index in [2.05, 4.69) is 21.6 Å². The SMILES string of the molecule is C1CCC2SSC3CCCCC3CC2C1.CC(C)N(C(C)C)P(O)OCCC#N. The zero-order chi connectivity index (χ0) is 21.2. The molecule has 7 heteroatoms. The smallest absolute Gasteiger partial charge is 0.256 e. The molecule has 1 heterocycles. The summed E-state index contributed by atoms with van der Waals surface area (Å²) >= 11 is 0. The second kappa shape index (κ2) is 13.8. The molecule has 3 fully saturated rings. The normalized spacial score (nSPS) is 30.6. The van der Waals surface area contributed by atoms with Crippen LogP contribution in [0.1, 0.15) is 91.9 Å². The zero-order valence-corrected chi connectivity index (χ0v) is 21.3. The van der Waals surface area contributed by atoms with Gasteiger partial charge in [-0.2, -0.15) is 5.26 Å². The molecule has 3 rings (SSSR count). The third kappa shape index (κ3) is 8.51. The lowest BCUT2D eigenvalue weighted by atomic mass is 9.77. The van der Waals surface area contributed by atoms with E-state index in [0.29, 0.717) is 13.0 Å². The standard InChI is InChI=1S/C13H22S2.C9H19N2O2P/c1-3-7-12-10(5-1)9-11-6-2-4-8-13(11)15-14-12;1-8(2)11(9(3)4)14(12)13-7-5-6-10/h10-13H,1-9H2;8-9,12H,5,7H2,1-4H3. The second-order valence-corrected chi connectivity index (χ2v) is 13.1. The number of hydrogen-bond donors (Lipinski definition) is 1. The van der Waals surface area contributed by atoms with E-state index in [4.69, 9.17) is 9.79 Å². The number of rotatable bonds is 6. The van der Waals surface area contributed by atoms with Crippen molar-refractivity contribution in [2.24, 2.45) is 11.8 Å². The summed E-state index contributed by atoms with van der Waals surface area (Å²) in [6.45, 7) is 8.35. The topological polar surface area (TPSA) is 56.5 Å². The van der Waals surface area contributed by atoms with E-state index >= 15 is 0 Å². The third-order valence-electron chi connectivity index (χ3n) is 6.26. The van der Waals surface area contributed by atoms with Crippen LogP contribution in [-0.2, 0) is 4.52 Å². The first-order valence-electron chi connectivity index (χ1n) is 11.5. The Hall–Kier alpha value is 0.500. The lowest BCUT2D eigenvalue weighted by Crippen LogP contribution is -2.32. The zero-order valence-electron chi connectivity index (χ0n) is 18.8. The molecule has 0 spiro atoms. The van der Waals surface area contributed by atoms with Gasteiger partial charge in [-0.3, -0.25) is 0 Å². The van der Waals surface area contributed by atoms with Gasteiger partial charge in [-0.15, -0.1) is 0 Å². The Labute approximate surface area is 188 Å². The highest BCUT2D eigenvalue weighted by Crippen LogP contribution is 2.52. The lowest BCUT2D eigenvalue weighted by molar-refractivity contribution is 0.215. The summed E-state index contributed by atoms with van der Waals surface area (Å²) in [5, 5.41) is 10.4. The fourth-order valence-electron chi connectivity index (χ4n) is 4.90. The minimum Gasteiger partial charge on any atom is -0.338 e. The summed E-state index contributed by atoms with van der Waals surface area (Å²) in [7, 11) is 2.99. The van der Waals surface area contributed by atoms with Crippen molar-refractivity contribution in [3.63, 3.8) is 0 Å². The van der Waals surface area contributed by atoms with Crippen LogP contribution >= 0.6 is 30.1 Å². The number of nitrogens with zero attached hydrogens (tertiary/aromatic N) is 2.